The standard InChI is InChI=1S/C23H25N5O2S/c1-3-4-13-27-21(30)18-7-5-6-8-19(18)28-22(27)25-26-23(28)31-15-20(29)24-14-17-11-9-16(2)10-12-17/h5-12H,3-4,13-15H2,1-2H3,(H,24,29). The summed E-state index contributed by atoms with van der Waals surface area (Å²) in [6.07, 6.45) is 1.85. The number of hydrogen-bond donors (Lipinski definition) is 1. The Labute approximate surface area is 184 Å². The first-order valence-corrected chi connectivity index (χ1v) is 11.4. The van der Waals surface area contributed by atoms with Crippen LogP contribution < -0.4 is 10.9 Å². The number of amides is 1. The number of unbranched alkanes of at least 4 members (excludes halogenated alkanes) is 1. The van der Waals surface area contributed by atoms with Crippen LogP contribution in [0.2, 0.25) is 0 Å². The molecule has 0 saturated carbocycles. The van der Waals surface area contributed by atoms with Crippen molar-refractivity contribution in [2.45, 2.75) is 44.9 Å². The highest BCUT2D eigenvalue weighted by Crippen LogP contribution is 2.21. The van der Waals surface area contributed by atoms with E-state index in [1.165, 1.54) is 17.3 Å². The molecular weight excluding hydrogens is 410 g/mol. The number of carbonyl (C=O) groups excluding carboxylic acids is 1. The summed E-state index contributed by atoms with van der Waals surface area (Å²) in [4.78, 5) is 25.4. The minimum atomic E-state index is -0.0778. The van der Waals surface area contributed by atoms with Gasteiger partial charge in [0.15, 0.2) is 5.16 Å². The number of para-hydroxylation sites is 1. The van der Waals surface area contributed by atoms with E-state index in [0.717, 1.165) is 23.9 Å². The minimum Gasteiger partial charge on any atom is -0.351 e. The van der Waals surface area contributed by atoms with Crippen molar-refractivity contribution in [2.75, 3.05) is 5.75 Å². The first-order chi connectivity index (χ1) is 15.1. The Morgan fingerprint density at radius 2 is 1.87 bits per heavy atom. The number of thioether (sulfide) groups is 1. The highest BCUT2D eigenvalue weighted by atomic mass is 32.2. The number of benzene rings is 2. The number of aromatic nitrogens is 4. The molecule has 4 rings (SSSR count). The second kappa shape index (κ2) is 9.34. The van der Waals surface area contributed by atoms with E-state index in [2.05, 4.69) is 22.4 Å². The SMILES string of the molecule is CCCCn1c(=O)c2ccccc2n2c(SCC(=O)NCc3ccc(C)cc3)nnc12. The van der Waals surface area contributed by atoms with Gasteiger partial charge in [0.2, 0.25) is 11.7 Å². The van der Waals surface area contributed by atoms with E-state index in [-0.39, 0.29) is 17.2 Å². The zero-order valence-electron chi connectivity index (χ0n) is 17.7. The van der Waals surface area contributed by atoms with Crippen molar-refractivity contribution < 1.29 is 4.79 Å². The van der Waals surface area contributed by atoms with Gasteiger partial charge < -0.3 is 5.32 Å². The number of rotatable bonds is 8. The Bertz CT molecular complexity index is 1280. The Morgan fingerprint density at radius 3 is 2.65 bits per heavy atom. The van der Waals surface area contributed by atoms with Crippen LogP contribution in [0, 0.1) is 6.92 Å². The zero-order valence-corrected chi connectivity index (χ0v) is 18.5. The molecule has 8 heteroatoms. The summed E-state index contributed by atoms with van der Waals surface area (Å²) in [6, 6.07) is 15.5. The predicted molar refractivity (Wildman–Crippen MR) is 123 cm³/mol. The van der Waals surface area contributed by atoms with Crippen LogP contribution in [-0.2, 0) is 17.9 Å². The van der Waals surface area contributed by atoms with Gasteiger partial charge >= 0.3 is 0 Å². The molecule has 160 valence electrons. The maximum absolute atomic E-state index is 13.0. The smallest absolute Gasteiger partial charge is 0.262 e. The Hall–Kier alpha value is -3.13. The number of nitrogens with one attached hydrogen (secondary N) is 1. The second-order valence-corrected chi connectivity index (χ2v) is 8.44. The lowest BCUT2D eigenvalue weighted by Crippen LogP contribution is -2.25. The van der Waals surface area contributed by atoms with Crippen LogP contribution in [0.4, 0.5) is 0 Å². The average molecular weight is 436 g/mol. The first kappa shape index (κ1) is 21.1. The molecule has 1 amide bonds. The summed E-state index contributed by atoms with van der Waals surface area (Å²) in [5, 5.41) is 12.7. The van der Waals surface area contributed by atoms with Crippen LogP contribution in [0.25, 0.3) is 16.7 Å². The molecule has 2 heterocycles. The van der Waals surface area contributed by atoms with Gasteiger partial charge in [0.25, 0.3) is 5.56 Å². The third kappa shape index (κ3) is 4.49. The quantitative estimate of drug-likeness (QED) is 0.428. The summed E-state index contributed by atoms with van der Waals surface area (Å²) in [7, 11) is 0. The van der Waals surface area contributed by atoms with Crippen molar-refractivity contribution in [3.63, 3.8) is 0 Å². The van der Waals surface area contributed by atoms with Crippen molar-refractivity contribution >= 4 is 34.3 Å². The maximum Gasteiger partial charge on any atom is 0.262 e. The molecule has 0 spiro atoms. The number of carbonyl (C=O) groups is 1. The molecule has 7 nitrogen and oxygen atoms in total. The van der Waals surface area contributed by atoms with Crippen molar-refractivity contribution in [2.24, 2.45) is 0 Å². The molecule has 31 heavy (non-hydrogen) atoms. The van der Waals surface area contributed by atoms with Crippen LogP contribution in [0.3, 0.4) is 0 Å². The van der Waals surface area contributed by atoms with Crippen LogP contribution in [0.5, 0.6) is 0 Å². The molecule has 0 fully saturated rings. The Balaban J connectivity index is 1.56. The fraction of sp³-hybridized carbons (Fsp3) is 0.304. The third-order valence-electron chi connectivity index (χ3n) is 5.16. The molecule has 2 aromatic carbocycles. The lowest BCUT2D eigenvalue weighted by Gasteiger charge is -2.11. The van der Waals surface area contributed by atoms with E-state index in [1.54, 1.807) is 4.57 Å². The second-order valence-electron chi connectivity index (χ2n) is 7.50. The highest BCUT2D eigenvalue weighted by molar-refractivity contribution is 7.99. The summed E-state index contributed by atoms with van der Waals surface area (Å²) < 4.78 is 3.56. The van der Waals surface area contributed by atoms with Gasteiger partial charge in [-0.15, -0.1) is 10.2 Å². The average Bonchev–Trinajstić information content (AvgIpc) is 3.21. The van der Waals surface area contributed by atoms with Crippen molar-refractivity contribution in [3.8, 4) is 0 Å². The molecule has 0 atom stereocenters. The third-order valence-corrected chi connectivity index (χ3v) is 6.09. The molecule has 2 aromatic heterocycles. The summed E-state index contributed by atoms with van der Waals surface area (Å²) >= 11 is 1.32. The number of fused-ring (bicyclic) bond motifs is 3. The molecule has 1 N–H and O–H groups in total. The molecule has 0 aliphatic carbocycles. The number of hydrogen-bond acceptors (Lipinski definition) is 5. The molecule has 4 aromatic rings. The molecule has 0 aliphatic rings. The van der Waals surface area contributed by atoms with Gasteiger partial charge in [-0.2, -0.15) is 0 Å². The first-order valence-electron chi connectivity index (χ1n) is 10.4. The van der Waals surface area contributed by atoms with Gasteiger partial charge in [-0.1, -0.05) is 67.1 Å². The normalized spacial score (nSPS) is 11.3. The fourth-order valence-corrected chi connectivity index (χ4v) is 4.20. The number of nitrogens with zero attached hydrogens (tertiary/aromatic N) is 4. The summed E-state index contributed by atoms with van der Waals surface area (Å²) in [6.45, 7) is 5.19. The predicted octanol–water partition coefficient (Wildman–Crippen LogP) is 3.56. The van der Waals surface area contributed by atoms with Gasteiger partial charge in [0.05, 0.1) is 16.7 Å². The fourth-order valence-electron chi connectivity index (χ4n) is 3.43. The molecule has 0 saturated heterocycles. The van der Waals surface area contributed by atoms with Crippen LogP contribution >= 0.6 is 11.8 Å². The van der Waals surface area contributed by atoms with E-state index in [1.807, 2.05) is 59.9 Å². The Kier molecular flexibility index (Phi) is 6.36. The molecule has 0 bridgehead atoms. The van der Waals surface area contributed by atoms with Crippen molar-refractivity contribution in [1.29, 1.82) is 0 Å². The lowest BCUT2D eigenvalue weighted by molar-refractivity contribution is -0.118. The minimum absolute atomic E-state index is 0.0589. The van der Waals surface area contributed by atoms with Crippen LogP contribution in [0.1, 0.15) is 30.9 Å². The van der Waals surface area contributed by atoms with Crippen molar-refractivity contribution in [1.82, 2.24) is 24.5 Å². The highest BCUT2D eigenvalue weighted by Gasteiger charge is 2.17. The maximum atomic E-state index is 13.0. The zero-order chi connectivity index (χ0) is 21.8. The van der Waals surface area contributed by atoms with Gasteiger partial charge in [-0.05, 0) is 31.0 Å². The summed E-state index contributed by atoms with van der Waals surface area (Å²) in [5.74, 6) is 0.653. The molecular formula is C23H25N5O2S. The van der Waals surface area contributed by atoms with E-state index in [4.69, 9.17) is 0 Å². The molecule has 0 radical (unpaired) electrons. The van der Waals surface area contributed by atoms with Crippen molar-refractivity contribution in [3.05, 3.63) is 70.0 Å². The van der Waals surface area contributed by atoms with Gasteiger partial charge in [-0.3, -0.25) is 18.6 Å². The number of aryl methyl sites for hydroxylation is 2. The lowest BCUT2D eigenvalue weighted by atomic mass is 10.1. The van der Waals surface area contributed by atoms with Crippen LogP contribution in [-0.4, -0.2) is 30.8 Å². The Morgan fingerprint density at radius 1 is 1.10 bits per heavy atom. The van der Waals surface area contributed by atoms with Crippen LogP contribution in [0.15, 0.2) is 58.5 Å². The van der Waals surface area contributed by atoms with E-state index in [0.29, 0.717) is 29.4 Å². The van der Waals surface area contributed by atoms with E-state index < -0.39 is 0 Å². The monoisotopic (exact) mass is 435 g/mol. The molecule has 0 aliphatic heterocycles. The largest absolute Gasteiger partial charge is 0.351 e. The topological polar surface area (TPSA) is 81.3 Å². The van der Waals surface area contributed by atoms with E-state index >= 15 is 0 Å². The van der Waals surface area contributed by atoms with E-state index in [9.17, 15) is 9.59 Å². The van der Waals surface area contributed by atoms with Gasteiger partial charge in [-0.25, -0.2) is 0 Å². The molecule has 0 unspecified atom stereocenters. The van der Waals surface area contributed by atoms with Gasteiger partial charge in [0.1, 0.15) is 0 Å². The summed E-state index contributed by atoms with van der Waals surface area (Å²) in [5.41, 5.74) is 2.94. The van der Waals surface area contributed by atoms with Gasteiger partial charge in [0, 0.05) is 13.1 Å².